The summed E-state index contributed by atoms with van der Waals surface area (Å²) in [5.41, 5.74) is 3.34. The smallest absolute Gasteiger partial charge is 0.155 e. The van der Waals surface area contributed by atoms with Crippen LogP contribution in [0.1, 0.15) is 49.4 Å². The normalized spacial score (nSPS) is 24.8. The quantitative estimate of drug-likeness (QED) is 0.855. The van der Waals surface area contributed by atoms with E-state index in [9.17, 15) is 0 Å². The summed E-state index contributed by atoms with van der Waals surface area (Å²) >= 11 is 0. The fourth-order valence-corrected chi connectivity index (χ4v) is 4.15. The van der Waals surface area contributed by atoms with Crippen molar-refractivity contribution in [1.29, 1.82) is 0 Å². The number of hydrogen-bond acceptors (Lipinski definition) is 4. The van der Waals surface area contributed by atoms with Gasteiger partial charge in [0, 0.05) is 43.1 Å². The van der Waals surface area contributed by atoms with Crippen molar-refractivity contribution in [2.75, 3.05) is 26.3 Å². The van der Waals surface area contributed by atoms with Gasteiger partial charge in [0.05, 0.1) is 5.69 Å². The number of nitrogens with zero attached hydrogens (tertiary/aromatic N) is 4. The highest BCUT2D eigenvalue weighted by Crippen LogP contribution is 2.30. The molecule has 2 fully saturated rings. The highest BCUT2D eigenvalue weighted by Gasteiger charge is 2.27. The highest BCUT2D eigenvalue weighted by molar-refractivity contribution is 5.40. The van der Waals surface area contributed by atoms with Gasteiger partial charge in [-0.25, -0.2) is 9.50 Å². The molecule has 2 aliphatic heterocycles. The van der Waals surface area contributed by atoms with Gasteiger partial charge in [0.2, 0.25) is 0 Å². The molecule has 2 saturated heterocycles. The van der Waals surface area contributed by atoms with E-state index in [0.29, 0.717) is 5.92 Å². The minimum absolute atomic E-state index is 0.595. The van der Waals surface area contributed by atoms with Crippen LogP contribution in [0.4, 0.5) is 0 Å². The first kappa shape index (κ1) is 15.1. The zero-order valence-electron chi connectivity index (χ0n) is 13.9. The Morgan fingerprint density at radius 2 is 2.00 bits per heavy atom. The molecule has 0 saturated carbocycles. The predicted octanol–water partition coefficient (Wildman–Crippen LogP) is 2.79. The van der Waals surface area contributed by atoms with E-state index in [-0.39, 0.29) is 0 Å². The van der Waals surface area contributed by atoms with Gasteiger partial charge in [0.15, 0.2) is 5.65 Å². The number of aromatic nitrogens is 3. The number of rotatable bonds is 2. The lowest BCUT2D eigenvalue weighted by molar-refractivity contribution is 0.115. The van der Waals surface area contributed by atoms with Crippen molar-refractivity contribution in [1.82, 2.24) is 19.5 Å². The predicted molar refractivity (Wildman–Crippen MR) is 89.7 cm³/mol. The van der Waals surface area contributed by atoms with Crippen LogP contribution in [0.5, 0.6) is 0 Å². The first-order valence-corrected chi connectivity index (χ1v) is 8.94. The third-order valence-corrected chi connectivity index (χ3v) is 5.40. The minimum Gasteiger partial charge on any atom is -0.381 e. The number of aryl methyl sites for hydroxylation is 1. The van der Waals surface area contributed by atoms with Crippen molar-refractivity contribution in [2.24, 2.45) is 0 Å². The summed E-state index contributed by atoms with van der Waals surface area (Å²) in [4.78, 5) is 7.12. The van der Waals surface area contributed by atoms with Crippen molar-refractivity contribution >= 4 is 5.65 Å². The molecule has 1 atom stereocenters. The molecule has 0 aromatic carbocycles. The van der Waals surface area contributed by atoms with E-state index >= 15 is 0 Å². The van der Waals surface area contributed by atoms with Crippen LogP contribution in [-0.4, -0.2) is 51.8 Å². The van der Waals surface area contributed by atoms with Gasteiger partial charge in [-0.1, -0.05) is 0 Å². The molecule has 0 bridgehead atoms. The SMILES string of the molecule is Cc1cc2nccc(C3CCN(C4CCCOCC4)CC3)n2n1. The second-order valence-electron chi connectivity index (χ2n) is 6.93. The van der Waals surface area contributed by atoms with Gasteiger partial charge < -0.3 is 9.64 Å². The molecular formula is C18H26N4O. The molecule has 0 radical (unpaired) electrons. The Labute approximate surface area is 137 Å². The molecule has 0 amide bonds. The highest BCUT2D eigenvalue weighted by atomic mass is 16.5. The molecule has 4 heterocycles. The van der Waals surface area contributed by atoms with E-state index < -0.39 is 0 Å². The Morgan fingerprint density at radius 3 is 2.87 bits per heavy atom. The van der Waals surface area contributed by atoms with Crippen molar-refractivity contribution in [3.8, 4) is 0 Å². The van der Waals surface area contributed by atoms with Crippen LogP contribution in [0, 0.1) is 6.92 Å². The minimum atomic E-state index is 0.595. The second-order valence-corrected chi connectivity index (χ2v) is 6.93. The molecule has 2 aromatic heterocycles. The van der Waals surface area contributed by atoms with E-state index in [0.717, 1.165) is 30.6 Å². The number of ether oxygens (including phenoxy) is 1. The molecular weight excluding hydrogens is 288 g/mol. The summed E-state index contributed by atoms with van der Waals surface area (Å²) in [6, 6.07) is 4.94. The van der Waals surface area contributed by atoms with Crippen LogP contribution in [0.25, 0.3) is 5.65 Å². The van der Waals surface area contributed by atoms with Crippen molar-refractivity contribution in [3.05, 3.63) is 29.7 Å². The maximum absolute atomic E-state index is 5.61. The van der Waals surface area contributed by atoms with Gasteiger partial charge in [0.1, 0.15) is 0 Å². The topological polar surface area (TPSA) is 42.7 Å². The number of likely N-dealkylation sites (tertiary alicyclic amines) is 1. The Bertz CT molecular complexity index is 652. The zero-order chi connectivity index (χ0) is 15.6. The third kappa shape index (κ3) is 3.12. The Balaban J connectivity index is 1.46. The fourth-order valence-electron chi connectivity index (χ4n) is 4.15. The lowest BCUT2D eigenvalue weighted by atomic mass is 9.91. The lowest BCUT2D eigenvalue weighted by Crippen LogP contribution is -2.41. The molecule has 0 spiro atoms. The van der Waals surface area contributed by atoms with E-state index in [4.69, 9.17) is 4.74 Å². The third-order valence-electron chi connectivity index (χ3n) is 5.40. The Kier molecular flexibility index (Phi) is 4.31. The van der Waals surface area contributed by atoms with Crippen LogP contribution in [0.2, 0.25) is 0 Å². The first-order chi connectivity index (χ1) is 11.3. The van der Waals surface area contributed by atoms with Crippen LogP contribution in [0.15, 0.2) is 18.3 Å². The molecule has 5 heteroatoms. The van der Waals surface area contributed by atoms with Crippen molar-refractivity contribution in [2.45, 2.75) is 51.0 Å². The van der Waals surface area contributed by atoms with E-state index in [1.54, 1.807) is 0 Å². The number of piperidine rings is 1. The Hall–Kier alpha value is -1.46. The van der Waals surface area contributed by atoms with Crippen molar-refractivity contribution in [3.63, 3.8) is 0 Å². The molecule has 0 N–H and O–H groups in total. The molecule has 2 aromatic rings. The fraction of sp³-hybridized carbons (Fsp3) is 0.667. The molecule has 1 unspecified atom stereocenters. The monoisotopic (exact) mass is 314 g/mol. The van der Waals surface area contributed by atoms with Gasteiger partial charge in [-0.15, -0.1) is 0 Å². The average molecular weight is 314 g/mol. The van der Waals surface area contributed by atoms with Gasteiger partial charge in [-0.3, -0.25) is 0 Å². The standard InChI is InChI=1S/C18H26N4O/c1-14-13-18-19-8-4-17(22(18)20-14)15-5-9-21(10-6-15)16-3-2-11-23-12-7-16/h4,8,13,15-16H,2-3,5-7,9-12H2,1H3. The maximum Gasteiger partial charge on any atom is 0.155 e. The molecule has 4 rings (SSSR count). The van der Waals surface area contributed by atoms with Crippen LogP contribution >= 0.6 is 0 Å². The summed E-state index contributed by atoms with van der Waals surface area (Å²) < 4.78 is 7.66. The lowest BCUT2D eigenvalue weighted by Gasteiger charge is -2.37. The van der Waals surface area contributed by atoms with E-state index in [1.165, 1.54) is 50.9 Å². The molecule has 0 aliphatic carbocycles. The number of fused-ring (bicyclic) bond motifs is 1. The molecule has 2 aliphatic rings. The molecule has 124 valence electrons. The van der Waals surface area contributed by atoms with Crippen LogP contribution in [-0.2, 0) is 4.74 Å². The van der Waals surface area contributed by atoms with Crippen LogP contribution in [0.3, 0.4) is 0 Å². The maximum atomic E-state index is 5.61. The summed E-state index contributed by atoms with van der Waals surface area (Å²) in [5, 5.41) is 4.63. The summed E-state index contributed by atoms with van der Waals surface area (Å²) in [7, 11) is 0. The molecule has 5 nitrogen and oxygen atoms in total. The summed E-state index contributed by atoms with van der Waals surface area (Å²) in [6.45, 7) is 6.30. The van der Waals surface area contributed by atoms with Crippen LogP contribution < -0.4 is 0 Å². The Morgan fingerprint density at radius 1 is 1.13 bits per heavy atom. The summed E-state index contributed by atoms with van der Waals surface area (Å²) in [6.07, 6.45) is 8.07. The number of hydrogen-bond donors (Lipinski definition) is 0. The molecule has 23 heavy (non-hydrogen) atoms. The second kappa shape index (κ2) is 6.57. The van der Waals surface area contributed by atoms with Gasteiger partial charge in [0.25, 0.3) is 0 Å². The zero-order valence-corrected chi connectivity index (χ0v) is 13.9. The first-order valence-electron chi connectivity index (χ1n) is 8.94. The van der Waals surface area contributed by atoms with E-state index in [1.807, 2.05) is 13.1 Å². The van der Waals surface area contributed by atoms with Gasteiger partial charge in [-0.05, 0) is 58.2 Å². The average Bonchev–Trinajstić information content (AvgIpc) is 2.79. The summed E-state index contributed by atoms with van der Waals surface area (Å²) in [5.74, 6) is 0.595. The van der Waals surface area contributed by atoms with Gasteiger partial charge >= 0.3 is 0 Å². The van der Waals surface area contributed by atoms with Crippen molar-refractivity contribution < 1.29 is 4.74 Å². The largest absolute Gasteiger partial charge is 0.381 e. The van der Waals surface area contributed by atoms with E-state index in [2.05, 4.69) is 31.6 Å². The van der Waals surface area contributed by atoms with Gasteiger partial charge in [-0.2, -0.15) is 5.10 Å².